The lowest BCUT2D eigenvalue weighted by Crippen LogP contribution is -2.36. The highest BCUT2D eigenvalue weighted by molar-refractivity contribution is 5.90. The lowest BCUT2D eigenvalue weighted by atomic mass is 10.0. The van der Waals surface area contributed by atoms with Crippen LogP contribution in [0.1, 0.15) is 35.1 Å². The van der Waals surface area contributed by atoms with Crippen molar-refractivity contribution in [2.75, 3.05) is 26.2 Å². The molecule has 1 aromatic heterocycles. The molecule has 1 heterocycles. The summed E-state index contributed by atoms with van der Waals surface area (Å²) < 4.78 is 5.90. The summed E-state index contributed by atoms with van der Waals surface area (Å²) in [6, 6.07) is 26.2. The van der Waals surface area contributed by atoms with Crippen LogP contribution in [0.2, 0.25) is 0 Å². The largest absolute Gasteiger partial charge is 0.448 e. The maximum atomic E-state index is 13.4. The first-order valence-electron chi connectivity index (χ1n) is 15.4. The second-order valence-corrected chi connectivity index (χ2v) is 11.2. The highest BCUT2D eigenvalue weighted by Gasteiger charge is 2.18. The number of fused-ring (bicyclic) bond motifs is 1. The Balaban J connectivity index is 1.24. The van der Waals surface area contributed by atoms with E-state index in [1.54, 1.807) is 16.5 Å². The van der Waals surface area contributed by atoms with Crippen molar-refractivity contribution >= 4 is 29.0 Å². The van der Waals surface area contributed by atoms with Gasteiger partial charge in [0.15, 0.2) is 0 Å². The predicted molar refractivity (Wildman–Crippen MR) is 177 cm³/mol. The Hall–Kier alpha value is -4.92. The fourth-order valence-corrected chi connectivity index (χ4v) is 5.46. The maximum absolute atomic E-state index is 13.4. The van der Waals surface area contributed by atoms with Gasteiger partial charge in [0.1, 0.15) is 6.61 Å². The van der Waals surface area contributed by atoms with Crippen LogP contribution in [0.15, 0.2) is 115 Å². The minimum atomic E-state index is -0.577. The highest BCUT2D eigenvalue weighted by atomic mass is 16.6. The quantitative estimate of drug-likeness (QED) is 0.0851. The van der Waals surface area contributed by atoms with Crippen LogP contribution in [0.25, 0.3) is 17.0 Å². The summed E-state index contributed by atoms with van der Waals surface area (Å²) in [6.07, 6.45) is 13.8. The van der Waals surface area contributed by atoms with Gasteiger partial charge in [-0.3, -0.25) is 19.8 Å². The zero-order valence-electron chi connectivity index (χ0n) is 25.4. The van der Waals surface area contributed by atoms with Crippen molar-refractivity contribution in [3.8, 4) is 0 Å². The van der Waals surface area contributed by atoms with Crippen LogP contribution in [0.3, 0.4) is 0 Å². The van der Waals surface area contributed by atoms with Crippen molar-refractivity contribution in [3.05, 3.63) is 137 Å². The van der Waals surface area contributed by atoms with Crippen molar-refractivity contribution in [1.29, 1.82) is 0 Å². The van der Waals surface area contributed by atoms with Gasteiger partial charge in [-0.15, -0.1) is 0 Å². The first-order valence-corrected chi connectivity index (χ1v) is 15.4. The van der Waals surface area contributed by atoms with E-state index >= 15 is 0 Å². The Morgan fingerprint density at radius 1 is 0.911 bits per heavy atom. The zero-order chi connectivity index (χ0) is 31.3. The van der Waals surface area contributed by atoms with Crippen LogP contribution in [0.5, 0.6) is 0 Å². The topological polar surface area (TPSA) is 97.9 Å². The number of rotatable bonds is 14. The van der Waals surface area contributed by atoms with E-state index in [1.807, 2.05) is 60.7 Å². The van der Waals surface area contributed by atoms with Crippen LogP contribution in [0, 0.1) is 0 Å². The van der Waals surface area contributed by atoms with Gasteiger partial charge in [0.05, 0.1) is 0 Å². The van der Waals surface area contributed by atoms with E-state index in [2.05, 4.69) is 52.5 Å². The summed E-state index contributed by atoms with van der Waals surface area (Å²) in [5.74, 6) is -0.577. The Labute approximate surface area is 264 Å². The van der Waals surface area contributed by atoms with Gasteiger partial charge in [-0.1, -0.05) is 96.6 Å². The molecule has 0 fully saturated rings. The van der Waals surface area contributed by atoms with Gasteiger partial charge in [-0.2, -0.15) is 0 Å². The van der Waals surface area contributed by atoms with E-state index < -0.39 is 5.91 Å². The molecule has 4 aromatic rings. The lowest BCUT2D eigenvalue weighted by Gasteiger charge is -2.26. The predicted octanol–water partition coefficient (Wildman–Crippen LogP) is 6.65. The molecular weight excluding hydrogens is 564 g/mol. The summed E-state index contributed by atoms with van der Waals surface area (Å²) in [5, 5.41) is 9.93. The minimum Gasteiger partial charge on any atom is -0.448 e. The third-order valence-electron chi connectivity index (χ3n) is 7.90. The fourth-order valence-electron chi connectivity index (χ4n) is 5.46. The Morgan fingerprint density at radius 2 is 1.69 bits per heavy atom. The van der Waals surface area contributed by atoms with Gasteiger partial charge in [0.2, 0.25) is 0 Å². The molecule has 0 spiro atoms. The fraction of sp³-hybridized carbons (Fsp3) is 0.243. The van der Waals surface area contributed by atoms with Gasteiger partial charge in [0, 0.05) is 55.9 Å². The van der Waals surface area contributed by atoms with Crippen LogP contribution in [-0.2, 0) is 29.0 Å². The highest BCUT2D eigenvalue weighted by Crippen LogP contribution is 2.20. The molecule has 45 heavy (non-hydrogen) atoms. The smallest absolute Gasteiger partial charge is 0.410 e. The summed E-state index contributed by atoms with van der Waals surface area (Å²) in [7, 11) is 0. The van der Waals surface area contributed by atoms with Gasteiger partial charge in [0.25, 0.3) is 5.91 Å². The molecule has 1 aliphatic rings. The van der Waals surface area contributed by atoms with E-state index in [4.69, 9.17) is 9.94 Å². The maximum Gasteiger partial charge on any atom is 0.410 e. The van der Waals surface area contributed by atoms with Crippen molar-refractivity contribution < 1.29 is 19.5 Å². The lowest BCUT2D eigenvalue weighted by molar-refractivity contribution is -0.124. The number of ether oxygens (including phenoxy) is 1. The summed E-state index contributed by atoms with van der Waals surface area (Å²) in [4.78, 5) is 32.2. The normalized spacial score (nSPS) is 12.9. The second-order valence-electron chi connectivity index (χ2n) is 11.2. The molecule has 232 valence electrons. The minimum absolute atomic E-state index is 0.272. The third kappa shape index (κ3) is 9.53. The number of aromatic nitrogens is 1. The second kappa shape index (κ2) is 16.2. The van der Waals surface area contributed by atoms with Crippen LogP contribution in [0.4, 0.5) is 4.79 Å². The van der Waals surface area contributed by atoms with E-state index in [0.29, 0.717) is 26.2 Å². The Morgan fingerprint density at radius 3 is 2.47 bits per heavy atom. The number of H-pyrrole nitrogens is 1. The number of amides is 2. The van der Waals surface area contributed by atoms with E-state index in [-0.39, 0.29) is 12.7 Å². The van der Waals surface area contributed by atoms with Crippen molar-refractivity contribution in [2.45, 2.75) is 32.4 Å². The molecule has 0 aliphatic heterocycles. The van der Waals surface area contributed by atoms with E-state index in [1.165, 1.54) is 22.6 Å². The molecule has 0 unspecified atom stereocenters. The molecule has 0 atom stereocenters. The SMILES string of the molecule is O=C(/C=C/c1ccc(CN(CCOC(=O)N(CC2=CC=CCC2)Cc2ccccc2)CCc2c[nH]c3ccccc23)cc1)NO. The van der Waals surface area contributed by atoms with Gasteiger partial charge < -0.3 is 9.72 Å². The first-order chi connectivity index (χ1) is 22.1. The summed E-state index contributed by atoms with van der Waals surface area (Å²) in [5.41, 5.74) is 8.21. The molecule has 2 amide bonds. The molecule has 3 N–H and O–H groups in total. The molecule has 8 nitrogen and oxygen atoms in total. The number of benzene rings is 3. The molecular formula is C37H40N4O4. The van der Waals surface area contributed by atoms with E-state index in [9.17, 15) is 9.59 Å². The molecule has 3 aromatic carbocycles. The molecule has 1 aliphatic carbocycles. The molecule has 0 bridgehead atoms. The van der Waals surface area contributed by atoms with Gasteiger partial charge >= 0.3 is 6.09 Å². The number of nitrogens with one attached hydrogen (secondary N) is 2. The average Bonchev–Trinajstić information content (AvgIpc) is 3.50. The Kier molecular flexibility index (Phi) is 11.4. The van der Waals surface area contributed by atoms with Crippen LogP contribution < -0.4 is 5.48 Å². The number of hydroxylamine groups is 1. The molecule has 5 rings (SSSR count). The van der Waals surface area contributed by atoms with E-state index in [0.717, 1.165) is 48.0 Å². The average molecular weight is 605 g/mol. The number of allylic oxidation sites excluding steroid dienone is 3. The van der Waals surface area contributed by atoms with Crippen molar-refractivity contribution in [3.63, 3.8) is 0 Å². The van der Waals surface area contributed by atoms with Crippen LogP contribution >= 0.6 is 0 Å². The molecule has 8 heteroatoms. The molecule has 0 saturated carbocycles. The number of carbonyl (C=O) groups is 2. The zero-order valence-corrected chi connectivity index (χ0v) is 25.4. The molecule has 0 saturated heterocycles. The number of hydrogen-bond donors (Lipinski definition) is 3. The number of nitrogens with zero attached hydrogens (tertiary/aromatic N) is 2. The van der Waals surface area contributed by atoms with Crippen molar-refractivity contribution in [1.82, 2.24) is 20.3 Å². The number of hydrogen-bond acceptors (Lipinski definition) is 5. The number of para-hydroxylation sites is 1. The molecule has 0 radical (unpaired) electrons. The first kappa shape index (κ1) is 31.5. The number of carbonyl (C=O) groups excluding carboxylic acids is 2. The van der Waals surface area contributed by atoms with Gasteiger partial charge in [-0.25, -0.2) is 10.3 Å². The number of aromatic amines is 1. The summed E-state index contributed by atoms with van der Waals surface area (Å²) >= 11 is 0. The standard InChI is InChI=1S/C37H40N4O4/c42-36(39-44)20-19-29-15-17-32(18-16-29)26-40(22-21-33-25-38-35-14-8-7-13-34(33)35)23-24-45-37(43)41(27-30-9-3-1-4-10-30)28-31-11-5-2-6-12-31/h1-5,7-11,13-20,25,38,44H,6,12,21-24,26-28H2,(H,39,42)/b20-19+. The van der Waals surface area contributed by atoms with Crippen LogP contribution in [-0.4, -0.2) is 58.2 Å². The summed E-state index contributed by atoms with van der Waals surface area (Å²) in [6.45, 7) is 3.35. The van der Waals surface area contributed by atoms with Crippen molar-refractivity contribution in [2.24, 2.45) is 0 Å². The third-order valence-corrected chi connectivity index (χ3v) is 7.90. The van der Waals surface area contributed by atoms with Gasteiger partial charge in [-0.05, 0) is 53.7 Å². The Bertz CT molecular complexity index is 1640. The monoisotopic (exact) mass is 604 g/mol.